The van der Waals surface area contributed by atoms with E-state index in [-0.39, 0.29) is 0 Å². The zero-order valence-electron chi connectivity index (χ0n) is 9.36. The van der Waals surface area contributed by atoms with Crippen molar-refractivity contribution in [1.29, 1.82) is 0 Å². The highest BCUT2D eigenvalue weighted by molar-refractivity contribution is 5.21. The normalized spacial score (nSPS) is 26.1. The summed E-state index contributed by atoms with van der Waals surface area (Å²) in [6, 6.07) is 11.0. The maximum Gasteiger partial charge on any atom is -0.0131 e. The molecule has 0 bridgehead atoms. The summed E-state index contributed by atoms with van der Waals surface area (Å²) < 4.78 is 0. The van der Waals surface area contributed by atoms with Gasteiger partial charge in [-0.05, 0) is 36.7 Å². The van der Waals surface area contributed by atoms with Crippen LogP contribution in [-0.2, 0) is 0 Å². The Morgan fingerprint density at radius 1 is 1.13 bits per heavy atom. The van der Waals surface area contributed by atoms with Crippen molar-refractivity contribution in [2.75, 3.05) is 0 Å². The second-order valence-electron chi connectivity index (χ2n) is 4.59. The highest BCUT2D eigenvalue weighted by Crippen LogP contribution is 2.39. The van der Waals surface area contributed by atoms with E-state index in [0.29, 0.717) is 0 Å². The number of rotatable bonds is 3. The van der Waals surface area contributed by atoms with Gasteiger partial charge in [0.2, 0.25) is 0 Å². The van der Waals surface area contributed by atoms with Gasteiger partial charge in [0, 0.05) is 0 Å². The van der Waals surface area contributed by atoms with Crippen molar-refractivity contribution in [1.82, 2.24) is 0 Å². The third-order valence-electron chi connectivity index (χ3n) is 3.61. The molecule has 0 heterocycles. The van der Waals surface area contributed by atoms with Crippen molar-refractivity contribution >= 4 is 0 Å². The second-order valence-corrected chi connectivity index (χ2v) is 4.59. The van der Waals surface area contributed by atoms with E-state index >= 15 is 0 Å². The van der Waals surface area contributed by atoms with Gasteiger partial charge < -0.3 is 0 Å². The van der Waals surface area contributed by atoms with Crippen molar-refractivity contribution in [3.05, 3.63) is 48.6 Å². The van der Waals surface area contributed by atoms with E-state index in [1.54, 1.807) is 0 Å². The Balaban J connectivity index is 2.14. The molecule has 1 aliphatic carbocycles. The molecule has 0 aliphatic heterocycles. The summed E-state index contributed by atoms with van der Waals surface area (Å²) in [5.41, 5.74) is 1.53. The Labute approximate surface area is 93.0 Å². The van der Waals surface area contributed by atoms with Crippen LogP contribution in [0.2, 0.25) is 0 Å². The number of hydrogen-bond acceptors (Lipinski definition) is 0. The molecule has 80 valence electrons. The van der Waals surface area contributed by atoms with Gasteiger partial charge in [0.15, 0.2) is 0 Å². The minimum absolute atomic E-state index is 0.776. The lowest BCUT2D eigenvalue weighted by molar-refractivity contribution is 0.309. The van der Waals surface area contributed by atoms with Crippen LogP contribution in [0.1, 0.15) is 43.6 Å². The molecule has 0 nitrogen and oxygen atoms in total. The summed E-state index contributed by atoms with van der Waals surface area (Å²) >= 11 is 0. The van der Waals surface area contributed by atoms with E-state index in [4.69, 9.17) is 0 Å². The molecular formula is C15H20. The molecule has 15 heavy (non-hydrogen) atoms. The molecule has 1 saturated carbocycles. The molecule has 1 aromatic rings. The summed E-state index contributed by atoms with van der Waals surface area (Å²) in [5, 5.41) is 0. The standard InChI is InChI=1S/C15H20/c1-2-8-13-11-6-7-12-15(13)14-9-4-3-5-10-14/h2-5,9-10,13,15H,1,6-8,11-12H2. The maximum absolute atomic E-state index is 3.88. The third-order valence-corrected chi connectivity index (χ3v) is 3.61. The summed E-state index contributed by atoms with van der Waals surface area (Å²) in [6.45, 7) is 3.88. The maximum atomic E-state index is 3.88. The van der Waals surface area contributed by atoms with Gasteiger partial charge in [0.1, 0.15) is 0 Å². The minimum Gasteiger partial charge on any atom is -0.103 e. The quantitative estimate of drug-likeness (QED) is 0.628. The van der Waals surface area contributed by atoms with Crippen LogP contribution in [0.15, 0.2) is 43.0 Å². The molecule has 0 heteroatoms. The fourth-order valence-corrected chi connectivity index (χ4v) is 2.84. The Morgan fingerprint density at radius 3 is 2.60 bits per heavy atom. The van der Waals surface area contributed by atoms with E-state index in [0.717, 1.165) is 11.8 Å². The minimum atomic E-state index is 0.776. The summed E-state index contributed by atoms with van der Waals surface area (Å²) in [7, 11) is 0. The molecule has 0 N–H and O–H groups in total. The largest absolute Gasteiger partial charge is 0.103 e. The lowest BCUT2D eigenvalue weighted by atomic mass is 9.74. The molecule has 0 saturated heterocycles. The molecule has 1 fully saturated rings. The molecule has 2 unspecified atom stereocenters. The van der Waals surface area contributed by atoms with Crippen LogP contribution in [0.25, 0.3) is 0 Å². The van der Waals surface area contributed by atoms with Gasteiger partial charge in [0.05, 0.1) is 0 Å². The van der Waals surface area contributed by atoms with E-state index in [9.17, 15) is 0 Å². The van der Waals surface area contributed by atoms with Gasteiger partial charge in [-0.1, -0.05) is 49.2 Å². The third kappa shape index (κ3) is 2.50. The first-order chi connectivity index (χ1) is 7.42. The van der Waals surface area contributed by atoms with Crippen LogP contribution in [0.3, 0.4) is 0 Å². The van der Waals surface area contributed by atoms with Gasteiger partial charge in [-0.25, -0.2) is 0 Å². The zero-order valence-corrected chi connectivity index (χ0v) is 9.36. The van der Waals surface area contributed by atoms with Crippen LogP contribution >= 0.6 is 0 Å². The Bertz CT molecular complexity index is 299. The first kappa shape index (κ1) is 10.5. The van der Waals surface area contributed by atoms with E-state index in [2.05, 4.69) is 43.0 Å². The number of hydrogen-bond donors (Lipinski definition) is 0. The summed E-state index contributed by atoms with van der Waals surface area (Å²) in [6.07, 6.45) is 8.81. The zero-order chi connectivity index (χ0) is 10.5. The molecule has 2 rings (SSSR count). The van der Waals surface area contributed by atoms with Crippen molar-refractivity contribution in [2.24, 2.45) is 5.92 Å². The van der Waals surface area contributed by atoms with Gasteiger partial charge >= 0.3 is 0 Å². The number of allylic oxidation sites excluding steroid dienone is 1. The van der Waals surface area contributed by atoms with Crippen LogP contribution in [-0.4, -0.2) is 0 Å². The van der Waals surface area contributed by atoms with Crippen LogP contribution in [0, 0.1) is 5.92 Å². The fourth-order valence-electron chi connectivity index (χ4n) is 2.84. The van der Waals surface area contributed by atoms with Gasteiger partial charge in [0.25, 0.3) is 0 Å². The predicted octanol–water partition coefficient (Wildman–Crippen LogP) is 4.54. The average molecular weight is 200 g/mol. The highest BCUT2D eigenvalue weighted by atomic mass is 14.3. The summed E-state index contributed by atoms with van der Waals surface area (Å²) in [5.74, 6) is 1.61. The van der Waals surface area contributed by atoms with Crippen molar-refractivity contribution in [3.8, 4) is 0 Å². The predicted molar refractivity (Wildman–Crippen MR) is 66.0 cm³/mol. The summed E-state index contributed by atoms with van der Waals surface area (Å²) in [4.78, 5) is 0. The first-order valence-corrected chi connectivity index (χ1v) is 6.07. The average Bonchev–Trinajstić information content (AvgIpc) is 2.31. The molecule has 0 amide bonds. The molecule has 2 atom stereocenters. The molecule has 0 aromatic heterocycles. The van der Waals surface area contributed by atoms with Gasteiger partial charge in [-0.3, -0.25) is 0 Å². The van der Waals surface area contributed by atoms with E-state index in [1.165, 1.54) is 37.7 Å². The lowest BCUT2D eigenvalue weighted by Crippen LogP contribution is -2.17. The fraction of sp³-hybridized carbons (Fsp3) is 0.467. The van der Waals surface area contributed by atoms with Crippen LogP contribution in [0.5, 0.6) is 0 Å². The van der Waals surface area contributed by atoms with Crippen molar-refractivity contribution in [2.45, 2.75) is 38.0 Å². The van der Waals surface area contributed by atoms with Gasteiger partial charge in [-0.2, -0.15) is 0 Å². The Morgan fingerprint density at radius 2 is 1.87 bits per heavy atom. The van der Waals surface area contributed by atoms with Crippen LogP contribution < -0.4 is 0 Å². The van der Waals surface area contributed by atoms with Crippen LogP contribution in [0.4, 0.5) is 0 Å². The molecule has 0 spiro atoms. The first-order valence-electron chi connectivity index (χ1n) is 6.07. The number of benzene rings is 1. The smallest absolute Gasteiger partial charge is 0.0131 e. The molecular weight excluding hydrogens is 180 g/mol. The van der Waals surface area contributed by atoms with Gasteiger partial charge in [-0.15, -0.1) is 6.58 Å². The molecule has 0 radical (unpaired) electrons. The SMILES string of the molecule is C=CCC1CCCCC1c1ccccc1. The van der Waals surface area contributed by atoms with Crippen molar-refractivity contribution in [3.63, 3.8) is 0 Å². The monoisotopic (exact) mass is 200 g/mol. The molecule has 1 aromatic carbocycles. The van der Waals surface area contributed by atoms with Crippen molar-refractivity contribution < 1.29 is 0 Å². The van der Waals surface area contributed by atoms with E-state index in [1.807, 2.05) is 0 Å². The molecule has 1 aliphatic rings. The lowest BCUT2D eigenvalue weighted by Gasteiger charge is -2.31. The Hall–Kier alpha value is -1.04. The topological polar surface area (TPSA) is 0 Å². The Kier molecular flexibility index (Phi) is 3.60. The highest BCUT2D eigenvalue weighted by Gasteiger charge is 2.24. The van der Waals surface area contributed by atoms with E-state index < -0.39 is 0 Å². The second kappa shape index (κ2) is 5.16.